The van der Waals surface area contributed by atoms with Gasteiger partial charge in [0.15, 0.2) is 17.5 Å². The van der Waals surface area contributed by atoms with Crippen LogP contribution in [0.3, 0.4) is 0 Å². The zero-order valence-electron chi connectivity index (χ0n) is 16.7. The molecule has 0 radical (unpaired) electrons. The molecule has 0 saturated carbocycles. The van der Waals surface area contributed by atoms with Gasteiger partial charge in [0, 0.05) is 39.3 Å². The van der Waals surface area contributed by atoms with Crippen molar-refractivity contribution in [2.24, 2.45) is 10.7 Å². The summed E-state index contributed by atoms with van der Waals surface area (Å²) in [6, 6.07) is 5.94. The van der Waals surface area contributed by atoms with Crippen LogP contribution in [0.2, 0.25) is 0 Å². The molecule has 1 aromatic rings. The number of methoxy groups -OCH3 is 2. The summed E-state index contributed by atoms with van der Waals surface area (Å²) < 4.78 is 10.6. The van der Waals surface area contributed by atoms with Crippen molar-refractivity contribution in [2.75, 3.05) is 66.6 Å². The second-order valence-electron chi connectivity index (χ2n) is 6.41. The van der Waals surface area contributed by atoms with Crippen LogP contribution in [-0.2, 0) is 6.42 Å². The lowest BCUT2D eigenvalue weighted by Gasteiger charge is -2.33. The largest absolute Gasteiger partial charge is 0.493 e. The Morgan fingerprint density at radius 3 is 2.41 bits per heavy atom. The van der Waals surface area contributed by atoms with Crippen molar-refractivity contribution >= 4 is 29.9 Å². The highest BCUT2D eigenvalue weighted by Crippen LogP contribution is 2.27. The number of hydrogen-bond donors (Lipinski definition) is 2. The van der Waals surface area contributed by atoms with E-state index in [1.54, 1.807) is 14.2 Å². The first kappa shape index (κ1) is 23.8. The molecule has 3 N–H and O–H groups in total. The van der Waals surface area contributed by atoms with E-state index in [1.165, 1.54) is 0 Å². The molecule has 7 nitrogen and oxygen atoms in total. The predicted octanol–water partition coefficient (Wildman–Crippen LogP) is 1.41. The van der Waals surface area contributed by atoms with Crippen molar-refractivity contribution in [1.29, 1.82) is 0 Å². The van der Waals surface area contributed by atoms with E-state index in [1.807, 2.05) is 18.2 Å². The molecular weight excluding hydrogens is 457 g/mol. The minimum atomic E-state index is 0. The molecule has 0 bridgehead atoms. The minimum Gasteiger partial charge on any atom is -0.493 e. The molecule has 0 aliphatic carbocycles. The number of likely N-dealkylation sites (N-methyl/N-ethyl adjacent to an activating group) is 1. The third kappa shape index (κ3) is 8.10. The van der Waals surface area contributed by atoms with Gasteiger partial charge in [0.25, 0.3) is 0 Å². The Labute approximate surface area is 180 Å². The molecular formula is C19H34IN5O2. The van der Waals surface area contributed by atoms with Crippen molar-refractivity contribution in [3.63, 3.8) is 0 Å². The first-order valence-corrected chi connectivity index (χ1v) is 9.35. The Bertz CT molecular complexity index is 577. The second kappa shape index (κ2) is 13.0. The summed E-state index contributed by atoms with van der Waals surface area (Å²) in [7, 11) is 3.28. The second-order valence-corrected chi connectivity index (χ2v) is 6.41. The summed E-state index contributed by atoms with van der Waals surface area (Å²) >= 11 is 0. The molecule has 1 aliphatic heterocycles. The lowest BCUT2D eigenvalue weighted by atomic mass is 10.1. The Hall–Kier alpha value is -1.26. The van der Waals surface area contributed by atoms with Gasteiger partial charge in [0.1, 0.15) is 0 Å². The summed E-state index contributed by atoms with van der Waals surface area (Å²) in [5, 5.41) is 3.18. The molecule has 0 unspecified atom stereocenters. The monoisotopic (exact) mass is 491 g/mol. The zero-order chi connectivity index (χ0) is 18.8. The first-order valence-electron chi connectivity index (χ1n) is 9.35. The topological polar surface area (TPSA) is 75.4 Å². The number of piperazine rings is 1. The Balaban J connectivity index is 0.00000364. The molecule has 1 heterocycles. The van der Waals surface area contributed by atoms with Gasteiger partial charge in [0.05, 0.1) is 20.8 Å². The summed E-state index contributed by atoms with van der Waals surface area (Å²) in [4.78, 5) is 9.36. The van der Waals surface area contributed by atoms with E-state index >= 15 is 0 Å². The third-order valence-electron chi connectivity index (χ3n) is 4.78. The Morgan fingerprint density at radius 2 is 1.78 bits per heavy atom. The lowest BCUT2D eigenvalue weighted by molar-refractivity contribution is 0.140. The van der Waals surface area contributed by atoms with Crippen molar-refractivity contribution in [3.05, 3.63) is 23.8 Å². The number of aliphatic imine (C=N–C) groups is 1. The molecule has 154 valence electrons. The molecule has 1 fully saturated rings. The smallest absolute Gasteiger partial charge is 0.188 e. The van der Waals surface area contributed by atoms with Crippen LogP contribution in [0, 0.1) is 0 Å². The van der Waals surface area contributed by atoms with E-state index in [0.717, 1.165) is 75.8 Å². The van der Waals surface area contributed by atoms with Crippen LogP contribution in [0.5, 0.6) is 11.5 Å². The van der Waals surface area contributed by atoms with Crippen LogP contribution < -0.4 is 20.5 Å². The molecule has 1 aliphatic rings. The SMILES string of the molecule is CCN1CCN(CCN=C(N)NCCc2ccc(OC)c(OC)c2)CC1.I. The van der Waals surface area contributed by atoms with Crippen LogP contribution in [-0.4, -0.2) is 82.3 Å². The van der Waals surface area contributed by atoms with Crippen molar-refractivity contribution in [2.45, 2.75) is 13.3 Å². The molecule has 1 aromatic carbocycles. The zero-order valence-corrected chi connectivity index (χ0v) is 19.1. The number of hydrogen-bond acceptors (Lipinski definition) is 5. The number of guanidine groups is 1. The first-order chi connectivity index (χ1) is 12.7. The number of rotatable bonds is 9. The maximum Gasteiger partial charge on any atom is 0.188 e. The van der Waals surface area contributed by atoms with Gasteiger partial charge >= 0.3 is 0 Å². The van der Waals surface area contributed by atoms with Gasteiger partial charge in [-0.3, -0.25) is 9.89 Å². The average Bonchev–Trinajstić information content (AvgIpc) is 2.68. The fraction of sp³-hybridized carbons (Fsp3) is 0.632. The van der Waals surface area contributed by atoms with Gasteiger partial charge < -0.3 is 25.4 Å². The molecule has 1 saturated heterocycles. The highest BCUT2D eigenvalue weighted by atomic mass is 127. The van der Waals surface area contributed by atoms with Crippen LogP contribution >= 0.6 is 24.0 Å². The lowest BCUT2D eigenvalue weighted by Crippen LogP contribution is -2.47. The van der Waals surface area contributed by atoms with Crippen LogP contribution in [0.25, 0.3) is 0 Å². The minimum absolute atomic E-state index is 0. The normalized spacial score (nSPS) is 15.9. The van der Waals surface area contributed by atoms with Crippen LogP contribution in [0.1, 0.15) is 12.5 Å². The van der Waals surface area contributed by atoms with Gasteiger partial charge in [0.2, 0.25) is 0 Å². The number of nitrogens with zero attached hydrogens (tertiary/aromatic N) is 3. The number of nitrogens with two attached hydrogens (primary N) is 1. The number of nitrogens with one attached hydrogen (secondary N) is 1. The standard InChI is InChI=1S/C19H33N5O2.HI/c1-4-23-11-13-24(14-12-23)10-9-22-19(20)21-8-7-16-5-6-17(25-2)18(15-16)26-3;/h5-6,15H,4,7-14H2,1-3H3,(H3,20,21,22);1H. The number of ether oxygens (including phenoxy) is 2. The van der Waals surface area contributed by atoms with Crippen LogP contribution in [0.15, 0.2) is 23.2 Å². The summed E-state index contributed by atoms with van der Waals surface area (Å²) in [6.45, 7) is 10.3. The van der Waals surface area contributed by atoms with E-state index < -0.39 is 0 Å². The summed E-state index contributed by atoms with van der Waals surface area (Å²) in [6.07, 6.45) is 0.843. The molecule has 8 heteroatoms. The molecule has 0 atom stereocenters. The number of benzene rings is 1. The van der Waals surface area contributed by atoms with Gasteiger partial charge in [-0.15, -0.1) is 24.0 Å². The van der Waals surface area contributed by atoms with E-state index in [2.05, 4.69) is 27.0 Å². The fourth-order valence-electron chi connectivity index (χ4n) is 3.07. The van der Waals surface area contributed by atoms with Crippen molar-refractivity contribution in [3.8, 4) is 11.5 Å². The fourth-order valence-corrected chi connectivity index (χ4v) is 3.07. The van der Waals surface area contributed by atoms with Gasteiger partial charge in [-0.25, -0.2) is 0 Å². The molecule has 0 spiro atoms. The van der Waals surface area contributed by atoms with E-state index in [9.17, 15) is 0 Å². The number of halogens is 1. The highest BCUT2D eigenvalue weighted by Gasteiger charge is 2.14. The third-order valence-corrected chi connectivity index (χ3v) is 4.78. The van der Waals surface area contributed by atoms with Crippen molar-refractivity contribution < 1.29 is 9.47 Å². The average molecular weight is 491 g/mol. The van der Waals surface area contributed by atoms with E-state index in [-0.39, 0.29) is 24.0 Å². The Kier molecular flexibility index (Phi) is 11.5. The maximum absolute atomic E-state index is 5.97. The predicted molar refractivity (Wildman–Crippen MR) is 122 cm³/mol. The van der Waals surface area contributed by atoms with E-state index in [4.69, 9.17) is 15.2 Å². The molecule has 27 heavy (non-hydrogen) atoms. The van der Waals surface area contributed by atoms with Crippen LogP contribution in [0.4, 0.5) is 0 Å². The van der Waals surface area contributed by atoms with Gasteiger partial charge in [-0.1, -0.05) is 13.0 Å². The highest BCUT2D eigenvalue weighted by molar-refractivity contribution is 14.0. The van der Waals surface area contributed by atoms with Gasteiger partial charge in [-0.05, 0) is 30.7 Å². The van der Waals surface area contributed by atoms with Gasteiger partial charge in [-0.2, -0.15) is 0 Å². The molecule has 2 rings (SSSR count). The van der Waals surface area contributed by atoms with Crippen molar-refractivity contribution in [1.82, 2.24) is 15.1 Å². The Morgan fingerprint density at radius 1 is 1.11 bits per heavy atom. The molecule has 0 aromatic heterocycles. The summed E-state index contributed by atoms with van der Waals surface area (Å²) in [5.41, 5.74) is 7.13. The summed E-state index contributed by atoms with van der Waals surface area (Å²) in [5.74, 6) is 2.00. The quantitative estimate of drug-likeness (QED) is 0.309. The van der Waals surface area contributed by atoms with E-state index in [0.29, 0.717) is 5.96 Å². The maximum atomic E-state index is 5.97. The molecule has 0 amide bonds.